The number of nitrogens with one attached hydrogen (secondary N) is 4. The van der Waals surface area contributed by atoms with Crippen LogP contribution in [-0.4, -0.2) is 82.6 Å². The second-order valence-electron chi connectivity index (χ2n) is 15.1. The number of rotatable bonds is 11. The van der Waals surface area contributed by atoms with E-state index in [1.807, 2.05) is 69.3 Å². The molecule has 5 atom stereocenters. The molecule has 1 saturated carbocycles. The lowest BCUT2D eigenvalue weighted by atomic mass is 9.77. The number of hydrazine groups is 1. The lowest BCUT2D eigenvalue weighted by molar-refractivity contribution is -0.147. The molecule has 4 N–H and O–H groups in total. The fourth-order valence-electron chi connectivity index (χ4n) is 7.56. The minimum absolute atomic E-state index is 0.113. The van der Waals surface area contributed by atoms with Gasteiger partial charge in [-0.1, -0.05) is 75.2 Å². The molecule has 0 unspecified atom stereocenters. The van der Waals surface area contributed by atoms with E-state index in [1.54, 1.807) is 24.9 Å². The van der Waals surface area contributed by atoms with E-state index in [0.29, 0.717) is 25.2 Å². The number of amides is 5. The van der Waals surface area contributed by atoms with Gasteiger partial charge >= 0.3 is 12.2 Å². The van der Waals surface area contributed by atoms with Crippen molar-refractivity contribution < 1.29 is 33.4 Å². The average molecular weight is 758 g/mol. The first-order chi connectivity index (χ1) is 26.3. The van der Waals surface area contributed by atoms with Crippen LogP contribution in [-0.2, 0) is 23.9 Å². The van der Waals surface area contributed by atoms with Crippen molar-refractivity contribution in [2.75, 3.05) is 20.8 Å². The largest absolute Gasteiger partial charge is 0.453 e. The van der Waals surface area contributed by atoms with Gasteiger partial charge in [-0.05, 0) is 74.6 Å². The molecule has 2 aliphatic rings. The Balaban J connectivity index is 1.21. The summed E-state index contributed by atoms with van der Waals surface area (Å²) in [5.74, 6) is -1.05. The summed E-state index contributed by atoms with van der Waals surface area (Å²) in [6, 6.07) is 14.7. The molecule has 5 rings (SSSR count). The van der Waals surface area contributed by atoms with Crippen molar-refractivity contribution in [2.45, 2.75) is 97.3 Å². The highest BCUT2D eigenvalue weighted by Crippen LogP contribution is 2.35. The number of aromatic amines is 1. The first-order valence-electron chi connectivity index (χ1n) is 19.2. The zero-order valence-electron chi connectivity index (χ0n) is 32.9. The van der Waals surface area contributed by atoms with Gasteiger partial charge in [-0.2, -0.15) is 0 Å². The highest BCUT2D eigenvalue weighted by molar-refractivity contribution is 5.89. The van der Waals surface area contributed by atoms with Crippen LogP contribution in [0.5, 0.6) is 0 Å². The van der Waals surface area contributed by atoms with Gasteiger partial charge in [-0.15, -0.1) is 0 Å². The normalized spacial score (nSPS) is 19.4. The monoisotopic (exact) mass is 757 g/mol. The van der Waals surface area contributed by atoms with E-state index in [1.165, 1.54) is 19.2 Å². The fourth-order valence-corrected chi connectivity index (χ4v) is 7.56. The molecule has 2 heterocycles. The molecule has 55 heavy (non-hydrogen) atoms. The molecular formula is C41H55N7O7. The number of ether oxygens (including phenoxy) is 2. The number of methoxy groups -OCH3 is 2. The third-order valence-corrected chi connectivity index (χ3v) is 10.7. The molecule has 1 aliphatic heterocycles. The molecule has 0 spiro atoms. The molecule has 14 heteroatoms. The lowest BCUT2D eigenvalue weighted by Gasteiger charge is -2.35. The van der Waals surface area contributed by atoms with E-state index in [2.05, 4.69) is 26.0 Å². The minimum Gasteiger partial charge on any atom is -0.453 e. The van der Waals surface area contributed by atoms with Crippen LogP contribution in [0.1, 0.15) is 96.6 Å². The van der Waals surface area contributed by atoms with Crippen LogP contribution < -0.4 is 16.1 Å². The Hall–Kier alpha value is -5.40. The predicted molar refractivity (Wildman–Crippen MR) is 207 cm³/mol. The number of hydrogen-bond donors (Lipinski definition) is 4. The van der Waals surface area contributed by atoms with Crippen molar-refractivity contribution >= 4 is 29.9 Å². The van der Waals surface area contributed by atoms with E-state index in [-0.39, 0.29) is 41.8 Å². The number of alkyl carbamates (subject to hydrolysis) is 1. The fraction of sp³-hybridized carbons (Fsp3) is 0.512. The van der Waals surface area contributed by atoms with Crippen molar-refractivity contribution in [3.05, 3.63) is 66.1 Å². The second-order valence-corrected chi connectivity index (χ2v) is 15.1. The van der Waals surface area contributed by atoms with Gasteiger partial charge in [0.15, 0.2) is 0 Å². The van der Waals surface area contributed by atoms with E-state index in [4.69, 9.17) is 9.47 Å². The van der Waals surface area contributed by atoms with Crippen molar-refractivity contribution in [1.82, 2.24) is 35.9 Å². The van der Waals surface area contributed by atoms with E-state index >= 15 is 0 Å². The average Bonchev–Trinajstić information content (AvgIpc) is 3.89. The van der Waals surface area contributed by atoms with E-state index in [0.717, 1.165) is 53.6 Å². The first-order valence-corrected chi connectivity index (χ1v) is 19.2. The Morgan fingerprint density at radius 2 is 1.38 bits per heavy atom. The lowest BCUT2D eigenvalue weighted by Crippen LogP contribution is -2.54. The molecule has 296 valence electrons. The maximum Gasteiger partial charge on any atom is 0.425 e. The van der Waals surface area contributed by atoms with Crippen LogP contribution in [0.15, 0.2) is 54.7 Å². The molecule has 1 aromatic heterocycles. The highest BCUT2D eigenvalue weighted by atomic mass is 16.5. The molecule has 2 fully saturated rings. The third-order valence-electron chi connectivity index (χ3n) is 10.7. The summed E-state index contributed by atoms with van der Waals surface area (Å²) < 4.78 is 9.45. The number of benzene rings is 2. The van der Waals surface area contributed by atoms with Crippen LogP contribution in [0.2, 0.25) is 0 Å². The number of nitrogens with zero attached hydrogens (tertiary/aromatic N) is 3. The summed E-state index contributed by atoms with van der Waals surface area (Å²) in [4.78, 5) is 74.4. The maximum atomic E-state index is 13.6. The SMILES string of the molecule is COC(=O)N[C@H](C(=O)N1CCC[C@H]1c1ncc(-c2ccc(-c3ccc([C@H](C)NC(=O)[C@H]4CCCC[C@H]4C(=O)N(NC(=O)OC)C(C)C)cc3)cc2)[nH]1)C(C)C. The number of carbonyl (C=O) groups excluding carboxylic acids is 5. The highest BCUT2D eigenvalue weighted by Gasteiger charge is 2.40. The van der Waals surface area contributed by atoms with Crippen LogP contribution in [0.3, 0.4) is 0 Å². The number of hydrogen-bond acceptors (Lipinski definition) is 8. The molecule has 1 aliphatic carbocycles. The summed E-state index contributed by atoms with van der Waals surface area (Å²) in [5, 5.41) is 7.09. The molecular weight excluding hydrogens is 702 g/mol. The summed E-state index contributed by atoms with van der Waals surface area (Å²) in [6.45, 7) is 9.90. The Morgan fingerprint density at radius 1 is 0.782 bits per heavy atom. The Labute approximate surface area is 323 Å². The number of carbonyl (C=O) groups is 5. The van der Waals surface area contributed by atoms with E-state index < -0.39 is 30.1 Å². The number of imidazole rings is 1. The van der Waals surface area contributed by atoms with Gasteiger partial charge < -0.3 is 30.0 Å². The number of aromatic nitrogens is 2. The number of likely N-dealkylation sites (tertiary alicyclic amines) is 1. The molecule has 0 bridgehead atoms. The van der Waals surface area contributed by atoms with E-state index in [9.17, 15) is 24.0 Å². The zero-order chi connectivity index (χ0) is 39.8. The molecule has 3 aromatic rings. The summed E-state index contributed by atoms with van der Waals surface area (Å²) in [5.41, 5.74) is 7.28. The predicted octanol–water partition coefficient (Wildman–Crippen LogP) is 6.28. The zero-order valence-corrected chi connectivity index (χ0v) is 32.9. The van der Waals surface area contributed by atoms with Gasteiger partial charge in [-0.3, -0.25) is 14.4 Å². The van der Waals surface area contributed by atoms with Crippen molar-refractivity contribution in [1.29, 1.82) is 0 Å². The third kappa shape index (κ3) is 9.65. The van der Waals surface area contributed by atoms with Crippen LogP contribution in [0.25, 0.3) is 22.4 Å². The summed E-state index contributed by atoms with van der Waals surface area (Å²) >= 11 is 0. The van der Waals surface area contributed by atoms with Crippen molar-refractivity contribution in [2.24, 2.45) is 17.8 Å². The van der Waals surface area contributed by atoms with Crippen LogP contribution >= 0.6 is 0 Å². The first kappa shape index (κ1) is 40.8. The van der Waals surface area contributed by atoms with Crippen LogP contribution in [0.4, 0.5) is 9.59 Å². The Kier molecular flexibility index (Phi) is 13.6. The van der Waals surface area contributed by atoms with Gasteiger partial charge in [-0.25, -0.2) is 25.0 Å². The smallest absolute Gasteiger partial charge is 0.425 e. The molecule has 2 aromatic carbocycles. The Morgan fingerprint density at radius 3 is 1.98 bits per heavy atom. The number of H-pyrrole nitrogens is 1. The molecule has 1 saturated heterocycles. The summed E-state index contributed by atoms with van der Waals surface area (Å²) in [7, 11) is 2.53. The van der Waals surface area contributed by atoms with Gasteiger partial charge in [0.25, 0.3) is 0 Å². The molecule has 14 nitrogen and oxygen atoms in total. The molecule has 5 amide bonds. The van der Waals surface area contributed by atoms with Gasteiger partial charge in [0.05, 0.1) is 44.1 Å². The van der Waals surface area contributed by atoms with Gasteiger partial charge in [0.1, 0.15) is 11.9 Å². The quantitative estimate of drug-likeness (QED) is 0.165. The maximum absolute atomic E-state index is 13.6. The minimum atomic E-state index is -0.727. The second kappa shape index (κ2) is 18.3. The van der Waals surface area contributed by atoms with Crippen molar-refractivity contribution in [3.8, 4) is 22.4 Å². The van der Waals surface area contributed by atoms with Crippen LogP contribution in [0, 0.1) is 17.8 Å². The topological polar surface area (TPSA) is 175 Å². The van der Waals surface area contributed by atoms with Gasteiger partial charge in [0, 0.05) is 18.5 Å². The summed E-state index contributed by atoms with van der Waals surface area (Å²) in [6.07, 6.45) is 4.90. The van der Waals surface area contributed by atoms with Crippen molar-refractivity contribution in [3.63, 3.8) is 0 Å². The molecule has 0 radical (unpaired) electrons. The standard InChI is InChI=1S/C41H55N7O7/c1-24(2)35(45-40(52)54-6)39(51)47-22-10-13-34(47)36-42-23-33(44-36)30-20-18-29(19-21-30)28-16-14-27(15-17-28)26(5)43-37(49)31-11-8-9-12-32(31)38(50)48(25(3)4)46-41(53)55-7/h14-21,23-26,31-32,34-35H,8-13,22H2,1-7H3,(H,42,44)(H,43,49)(H,45,52)(H,46,53)/t26-,31-,32+,34-,35-/m0/s1. The Bertz CT molecular complexity index is 1810. The van der Waals surface area contributed by atoms with Gasteiger partial charge in [0.2, 0.25) is 17.7 Å².